The number of nitrogens with zero attached hydrogens (tertiary/aromatic N) is 3. The summed E-state index contributed by atoms with van der Waals surface area (Å²) in [7, 11) is 1.56. The van der Waals surface area contributed by atoms with Gasteiger partial charge in [-0.3, -0.25) is 19.7 Å². The van der Waals surface area contributed by atoms with Crippen LogP contribution in [0.4, 0.5) is 4.79 Å². The number of para-hydroxylation sites is 1. The van der Waals surface area contributed by atoms with E-state index in [0.717, 1.165) is 39.7 Å². The van der Waals surface area contributed by atoms with Crippen molar-refractivity contribution in [2.45, 2.75) is 25.4 Å². The van der Waals surface area contributed by atoms with Gasteiger partial charge in [-0.2, -0.15) is 0 Å². The lowest BCUT2D eigenvalue weighted by atomic mass is 9.89. The molecule has 2 aliphatic rings. The molecule has 168 valence electrons. The number of amides is 4. The van der Waals surface area contributed by atoms with E-state index >= 15 is 0 Å². The molecule has 1 aromatic heterocycles. The molecular weight excluding hydrogens is 420 g/mol. The van der Waals surface area contributed by atoms with Crippen molar-refractivity contribution in [1.82, 2.24) is 19.8 Å². The molecule has 8 nitrogen and oxygen atoms in total. The van der Waals surface area contributed by atoms with Gasteiger partial charge >= 0.3 is 6.03 Å². The van der Waals surface area contributed by atoms with Crippen molar-refractivity contribution in [2.75, 3.05) is 13.6 Å². The van der Waals surface area contributed by atoms with Gasteiger partial charge in [-0.1, -0.05) is 42.5 Å². The van der Waals surface area contributed by atoms with Crippen LogP contribution in [0.3, 0.4) is 0 Å². The largest absolute Gasteiger partial charge is 0.342 e. The fourth-order valence-electron chi connectivity index (χ4n) is 4.94. The van der Waals surface area contributed by atoms with E-state index in [1.54, 1.807) is 23.5 Å². The van der Waals surface area contributed by atoms with Crippen molar-refractivity contribution in [2.24, 2.45) is 0 Å². The molecule has 2 N–H and O–H groups in total. The van der Waals surface area contributed by atoms with Crippen LogP contribution in [-0.4, -0.2) is 51.0 Å². The number of nitrogens with one attached hydrogen (secondary N) is 1. The number of likely N-dealkylation sites (N-methyl/N-ethyl adjacent to an activating group) is 1. The fourth-order valence-corrected chi connectivity index (χ4v) is 4.94. The first-order chi connectivity index (χ1) is 16.0. The number of carbonyl (C=O) groups excluding carboxylic acids is 3. The molecule has 33 heavy (non-hydrogen) atoms. The van der Waals surface area contributed by atoms with Gasteiger partial charge in [0.25, 0.3) is 5.91 Å². The first kappa shape index (κ1) is 21.0. The minimum absolute atomic E-state index is 0.147. The molecule has 1 fully saturated rings. The molecule has 2 bridgehead atoms. The minimum Gasteiger partial charge on any atom is -0.342 e. The summed E-state index contributed by atoms with van der Waals surface area (Å²) in [6.07, 6.45) is 3.66. The van der Waals surface area contributed by atoms with Crippen LogP contribution in [0.2, 0.25) is 0 Å². The van der Waals surface area contributed by atoms with E-state index in [1.165, 1.54) is 11.0 Å². The number of hydroxylamine groups is 1. The van der Waals surface area contributed by atoms with Gasteiger partial charge < -0.3 is 9.47 Å². The maximum atomic E-state index is 12.9. The number of rotatable bonds is 5. The van der Waals surface area contributed by atoms with Gasteiger partial charge in [-0.15, -0.1) is 0 Å². The summed E-state index contributed by atoms with van der Waals surface area (Å²) in [6.45, 7) is 1.60. The Labute approximate surface area is 190 Å². The molecule has 4 amide bonds. The Balaban J connectivity index is 1.49. The molecule has 2 aliphatic heterocycles. The summed E-state index contributed by atoms with van der Waals surface area (Å²) in [5.41, 5.74) is 6.66. The first-order valence-electron chi connectivity index (χ1n) is 10.9. The van der Waals surface area contributed by atoms with E-state index < -0.39 is 5.91 Å². The van der Waals surface area contributed by atoms with E-state index in [4.69, 9.17) is 5.21 Å². The van der Waals surface area contributed by atoms with Gasteiger partial charge in [0, 0.05) is 42.8 Å². The maximum Gasteiger partial charge on any atom is 0.326 e. The summed E-state index contributed by atoms with van der Waals surface area (Å²) in [4.78, 5) is 39.8. The van der Waals surface area contributed by atoms with Crippen molar-refractivity contribution in [3.63, 3.8) is 0 Å². The average Bonchev–Trinajstić information content (AvgIpc) is 3.17. The van der Waals surface area contributed by atoms with Crippen molar-refractivity contribution < 1.29 is 19.6 Å². The predicted octanol–water partition coefficient (Wildman–Crippen LogP) is 2.89. The summed E-state index contributed by atoms with van der Waals surface area (Å²) in [6, 6.07) is 15.7. The zero-order chi connectivity index (χ0) is 23.1. The molecule has 0 radical (unpaired) electrons. The molecule has 0 saturated carbocycles. The van der Waals surface area contributed by atoms with Gasteiger partial charge in [-0.25, -0.2) is 10.3 Å². The molecule has 1 saturated heterocycles. The van der Waals surface area contributed by atoms with Crippen LogP contribution in [0.25, 0.3) is 17.0 Å². The molecule has 0 aliphatic carbocycles. The quantitative estimate of drug-likeness (QED) is 0.359. The molecule has 2 aromatic carbocycles. The Morgan fingerprint density at radius 2 is 2.00 bits per heavy atom. The second-order valence-electron chi connectivity index (χ2n) is 8.45. The first-order valence-corrected chi connectivity index (χ1v) is 10.9. The average molecular weight is 444 g/mol. The number of fused-ring (bicyclic) bond motifs is 6. The standard InChI is InChI=1S/C25H24N4O4/c1-27-24(31)19-14-28(25(27)32)15-21-23(19)18-7-2-3-8-20(18)29(21)12-11-17-6-4-5-16(13-17)9-10-22(30)26-33/h2-10,13,19,33H,11-12,14-15H2,1H3,(H,26,30)/b10-9+. The Morgan fingerprint density at radius 1 is 1.18 bits per heavy atom. The number of aromatic nitrogens is 1. The van der Waals surface area contributed by atoms with Crippen molar-refractivity contribution >= 4 is 34.8 Å². The van der Waals surface area contributed by atoms with Crippen molar-refractivity contribution in [3.05, 3.63) is 77.0 Å². The van der Waals surface area contributed by atoms with Gasteiger partial charge in [0.1, 0.15) is 0 Å². The van der Waals surface area contributed by atoms with E-state index in [-0.39, 0.29) is 17.9 Å². The molecule has 3 heterocycles. The Bertz CT molecular complexity index is 1310. The number of urea groups is 1. The third-order valence-electron chi connectivity index (χ3n) is 6.51. The van der Waals surface area contributed by atoms with Crippen LogP contribution < -0.4 is 5.48 Å². The highest BCUT2D eigenvalue weighted by Gasteiger charge is 2.44. The monoisotopic (exact) mass is 444 g/mol. The fraction of sp³-hybridized carbons (Fsp3) is 0.240. The minimum atomic E-state index is -0.582. The normalized spacial score (nSPS) is 17.7. The summed E-state index contributed by atoms with van der Waals surface area (Å²) < 4.78 is 2.23. The SMILES string of the molecule is CN1C(=O)C2CN(Cc3c2c2ccccc2n3CCc2cccc(/C=C/C(=O)NO)c2)C1=O. The zero-order valence-corrected chi connectivity index (χ0v) is 18.2. The summed E-state index contributed by atoms with van der Waals surface area (Å²) >= 11 is 0. The van der Waals surface area contributed by atoms with E-state index in [0.29, 0.717) is 19.6 Å². The lowest BCUT2D eigenvalue weighted by Crippen LogP contribution is -2.56. The van der Waals surface area contributed by atoms with Crippen LogP contribution in [0, 0.1) is 0 Å². The van der Waals surface area contributed by atoms with Gasteiger partial charge in [-0.05, 0) is 35.3 Å². The number of hydrogen-bond acceptors (Lipinski definition) is 4. The summed E-state index contributed by atoms with van der Waals surface area (Å²) in [5, 5.41) is 9.71. The zero-order valence-electron chi connectivity index (χ0n) is 18.2. The smallest absolute Gasteiger partial charge is 0.326 e. The van der Waals surface area contributed by atoms with Gasteiger partial charge in [0.2, 0.25) is 5.91 Å². The topological polar surface area (TPSA) is 94.9 Å². The van der Waals surface area contributed by atoms with Crippen LogP contribution in [0.15, 0.2) is 54.6 Å². The van der Waals surface area contributed by atoms with Crippen LogP contribution in [0.1, 0.15) is 28.3 Å². The molecule has 8 heteroatoms. The summed E-state index contributed by atoms with van der Waals surface area (Å²) in [5.74, 6) is -1.07. The Kier molecular flexibility index (Phi) is 5.22. The molecule has 1 unspecified atom stereocenters. The number of imide groups is 1. The second-order valence-corrected chi connectivity index (χ2v) is 8.45. The van der Waals surface area contributed by atoms with Crippen molar-refractivity contribution in [3.8, 4) is 0 Å². The highest BCUT2D eigenvalue weighted by atomic mass is 16.5. The van der Waals surface area contributed by atoms with Crippen molar-refractivity contribution in [1.29, 1.82) is 0 Å². The third kappa shape index (κ3) is 3.58. The van der Waals surface area contributed by atoms with Gasteiger partial charge in [0.15, 0.2) is 0 Å². The lowest BCUT2D eigenvalue weighted by Gasteiger charge is -2.41. The van der Waals surface area contributed by atoms with E-state index in [1.807, 2.05) is 36.4 Å². The predicted molar refractivity (Wildman–Crippen MR) is 122 cm³/mol. The highest BCUT2D eigenvalue weighted by Crippen LogP contribution is 2.40. The van der Waals surface area contributed by atoms with Crippen LogP contribution in [0.5, 0.6) is 0 Å². The van der Waals surface area contributed by atoms with Gasteiger partial charge in [0.05, 0.1) is 12.5 Å². The maximum absolute atomic E-state index is 12.9. The third-order valence-corrected chi connectivity index (χ3v) is 6.51. The van der Waals surface area contributed by atoms with Crippen LogP contribution >= 0.6 is 0 Å². The number of benzene rings is 2. The highest BCUT2D eigenvalue weighted by molar-refractivity contribution is 6.04. The number of carbonyl (C=O) groups is 3. The molecule has 1 atom stereocenters. The van der Waals surface area contributed by atoms with E-state index in [9.17, 15) is 14.4 Å². The number of aryl methyl sites for hydroxylation is 2. The molecule has 0 spiro atoms. The second kappa shape index (κ2) is 8.22. The van der Waals surface area contributed by atoms with E-state index in [2.05, 4.69) is 16.7 Å². The Hall–Kier alpha value is -3.91. The molecular formula is C25H24N4O4. The molecule has 3 aromatic rings. The van der Waals surface area contributed by atoms with Crippen LogP contribution in [-0.2, 0) is 29.1 Å². The lowest BCUT2D eigenvalue weighted by molar-refractivity contribution is -0.132. The molecule has 5 rings (SSSR count). The Morgan fingerprint density at radius 3 is 2.82 bits per heavy atom. The number of hydrogen-bond donors (Lipinski definition) is 2.